The zero-order chi connectivity index (χ0) is 18.4. The molecule has 138 valence electrons. The van der Waals surface area contributed by atoms with Gasteiger partial charge < -0.3 is 20.3 Å². The Balaban J connectivity index is 1.99. The first-order valence-corrected chi connectivity index (χ1v) is 8.80. The van der Waals surface area contributed by atoms with Gasteiger partial charge in [0.25, 0.3) is 5.91 Å². The summed E-state index contributed by atoms with van der Waals surface area (Å²) >= 11 is 0. The van der Waals surface area contributed by atoms with E-state index in [-0.39, 0.29) is 23.6 Å². The standard InChI is InChI=1S/C19H29N3O3/c1-19(2,3)21-17(23)14-7-5-8-15(13-14)20-18(24)22-11-6-9-16(25-4)10-12-22/h5,7-8,13,16H,6,9-12H2,1-4H3,(H,20,24)(H,21,23). The van der Waals surface area contributed by atoms with Crippen molar-refractivity contribution in [2.75, 3.05) is 25.5 Å². The lowest BCUT2D eigenvalue weighted by Gasteiger charge is -2.22. The number of anilines is 1. The smallest absolute Gasteiger partial charge is 0.321 e. The highest BCUT2D eigenvalue weighted by atomic mass is 16.5. The molecule has 25 heavy (non-hydrogen) atoms. The highest BCUT2D eigenvalue weighted by molar-refractivity contribution is 5.97. The normalized spacial score (nSPS) is 18.4. The molecule has 0 saturated carbocycles. The third kappa shape index (κ3) is 6.05. The Bertz CT molecular complexity index is 610. The summed E-state index contributed by atoms with van der Waals surface area (Å²) in [6.45, 7) is 7.19. The van der Waals surface area contributed by atoms with Gasteiger partial charge in [0.05, 0.1) is 6.10 Å². The number of carbonyl (C=O) groups is 2. The number of carbonyl (C=O) groups excluding carboxylic acids is 2. The van der Waals surface area contributed by atoms with Gasteiger partial charge in [0.1, 0.15) is 0 Å². The number of rotatable bonds is 3. The predicted octanol–water partition coefficient (Wildman–Crippen LogP) is 3.25. The van der Waals surface area contributed by atoms with E-state index in [1.54, 1.807) is 36.3 Å². The van der Waals surface area contributed by atoms with E-state index < -0.39 is 0 Å². The van der Waals surface area contributed by atoms with Gasteiger partial charge in [0.15, 0.2) is 0 Å². The molecule has 1 fully saturated rings. The maximum absolute atomic E-state index is 12.5. The van der Waals surface area contributed by atoms with Crippen molar-refractivity contribution in [2.24, 2.45) is 0 Å². The van der Waals surface area contributed by atoms with Gasteiger partial charge in [-0.15, -0.1) is 0 Å². The van der Waals surface area contributed by atoms with Crippen LogP contribution in [0, 0.1) is 0 Å². The summed E-state index contributed by atoms with van der Waals surface area (Å²) < 4.78 is 5.40. The van der Waals surface area contributed by atoms with E-state index in [0.717, 1.165) is 25.8 Å². The molecule has 1 unspecified atom stereocenters. The maximum atomic E-state index is 12.5. The van der Waals surface area contributed by atoms with E-state index in [1.807, 2.05) is 20.8 Å². The highest BCUT2D eigenvalue weighted by Gasteiger charge is 2.21. The topological polar surface area (TPSA) is 70.7 Å². The Kier molecular flexibility index (Phi) is 6.42. The molecule has 0 radical (unpaired) electrons. The molecule has 0 spiro atoms. The molecule has 1 aromatic carbocycles. The summed E-state index contributed by atoms with van der Waals surface area (Å²) in [7, 11) is 1.72. The molecule has 1 aliphatic rings. The first kappa shape index (κ1) is 19.2. The fourth-order valence-electron chi connectivity index (χ4n) is 2.86. The molecule has 1 aliphatic heterocycles. The van der Waals surface area contributed by atoms with E-state index in [1.165, 1.54) is 0 Å². The zero-order valence-corrected chi connectivity index (χ0v) is 15.6. The lowest BCUT2D eigenvalue weighted by atomic mass is 10.1. The molecule has 1 atom stereocenters. The Morgan fingerprint density at radius 2 is 1.96 bits per heavy atom. The molecule has 0 aliphatic carbocycles. The third-order valence-corrected chi connectivity index (χ3v) is 4.16. The summed E-state index contributed by atoms with van der Waals surface area (Å²) in [5.41, 5.74) is 0.849. The zero-order valence-electron chi connectivity index (χ0n) is 15.6. The number of nitrogens with zero attached hydrogens (tertiary/aromatic N) is 1. The van der Waals surface area contributed by atoms with Crippen molar-refractivity contribution in [1.82, 2.24) is 10.2 Å². The van der Waals surface area contributed by atoms with Gasteiger partial charge in [0.2, 0.25) is 0 Å². The SMILES string of the molecule is COC1CCCN(C(=O)Nc2cccc(C(=O)NC(C)(C)C)c2)CC1. The Morgan fingerprint density at radius 3 is 2.64 bits per heavy atom. The van der Waals surface area contributed by atoms with Crippen molar-refractivity contribution < 1.29 is 14.3 Å². The first-order valence-electron chi connectivity index (χ1n) is 8.80. The molecular formula is C19H29N3O3. The molecule has 1 saturated heterocycles. The van der Waals surface area contributed by atoms with Crippen LogP contribution >= 0.6 is 0 Å². The average Bonchev–Trinajstić information content (AvgIpc) is 2.79. The van der Waals surface area contributed by atoms with E-state index in [2.05, 4.69) is 10.6 Å². The van der Waals surface area contributed by atoms with Crippen LogP contribution in [0.2, 0.25) is 0 Å². The Morgan fingerprint density at radius 1 is 1.20 bits per heavy atom. The number of methoxy groups -OCH3 is 1. The molecule has 2 N–H and O–H groups in total. The number of nitrogens with one attached hydrogen (secondary N) is 2. The number of amides is 3. The van der Waals surface area contributed by atoms with Crippen molar-refractivity contribution in [3.05, 3.63) is 29.8 Å². The van der Waals surface area contributed by atoms with Gasteiger partial charge in [-0.2, -0.15) is 0 Å². The lowest BCUT2D eigenvalue weighted by molar-refractivity contribution is 0.0907. The Labute approximate surface area is 149 Å². The number of benzene rings is 1. The van der Waals surface area contributed by atoms with Crippen LogP contribution in [-0.2, 0) is 4.74 Å². The van der Waals surface area contributed by atoms with Gasteiger partial charge in [0, 0.05) is 37.0 Å². The summed E-state index contributed by atoms with van der Waals surface area (Å²) in [6.07, 6.45) is 2.97. The van der Waals surface area contributed by atoms with Gasteiger partial charge >= 0.3 is 6.03 Å². The van der Waals surface area contributed by atoms with Gasteiger partial charge in [-0.05, 0) is 58.2 Å². The maximum Gasteiger partial charge on any atom is 0.321 e. The minimum absolute atomic E-state index is 0.134. The summed E-state index contributed by atoms with van der Waals surface area (Å²) in [5.74, 6) is -0.152. The lowest BCUT2D eigenvalue weighted by Crippen LogP contribution is -2.40. The first-order chi connectivity index (χ1) is 11.8. The number of likely N-dealkylation sites (tertiary alicyclic amines) is 1. The molecule has 6 heteroatoms. The second-order valence-corrected chi connectivity index (χ2v) is 7.49. The molecule has 0 aromatic heterocycles. The van der Waals surface area contributed by atoms with Crippen molar-refractivity contribution in [3.63, 3.8) is 0 Å². The fourth-order valence-corrected chi connectivity index (χ4v) is 2.86. The number of hydrogen-bond donors (Lipinski definition) is 2. The van der Waals surface area contributed by atoms with E-state index in [0.29, 0.717) is 17.8 Å². The summed E-state index contributed by atoms with van der Waals surface area (Å²) in [6, 6.07) is 6.88. The van der Waals surface area contributed by atoms with Crippen molar-refractivity contribution in [1.29, 1.82) is 0 Å². The molecule has 6 nitrogen and oxygen atoms in total. The van der Waals surface area contributed by atoms with Crippen molar-refractivity contribution in [2.45, 2.75) is 51.7 Å². The largest absolute Gasteiger partial charge is 0.381 e. The van der Waals surface area contributed by atoms with Crippen molar-refractivity contribution in [3.8, 4) is 0 Å². The number of hydrogen-bond acceptors (Lipinski definition) is 3. The van der Waals surface area contributed by atoms with Crippen LogP contribution in [0.25, 0.3) is 0 Å². The summed E-state index contributed by atoms with van der Waals surface area (Å²) in [5, 5.41) is 5.82. The molecule has 1 aromatic rings. The van der Waals surface area contributed by atoms with Crippen LogP contribution in [0.3, 0.4) is 0 Å². The van der Waals surface area contributed by atoms with Crippen molar-refractivity contribution >= 4 is 17.6 Å². The van der Waals surface area contributed by atoms with E-state index in [9.17, 15) is 9.59 Å². The molecule has 2 rings (SSSR count). The van der Waals surface area contributed by atoms with Gasteiger partial charge in [-0.1, -0.05) is 6.07 Å². The minimum Gasteiger partial charge on any atom is -0.381 e. The van der Waals surface area contributed by atoms with Gasteiger partial charge in [-0.25, -0.2) is 4.79 Å². The third-order valence-electron chi connectivity index (χ3n) is 4.16. The fraction of sp³-hybridized carbons (Fsp3) is 0.579. The van der Waals surface area contributed by atoms with E-state index in [4.69, 9.17) is 4.74 Å². The van der Waals surface area contributed by atoms with Crippen LogP contribution in [0.5, 0.6) is 0 Å². The van der Waals surface area contributed by atoms with Crippen LogP contribution < -0.4 is 10.6 Å². The predicted molar refractivity (Wildman–Crippen MR) is 98.9 cm³/mol. The summed E-state index contributed by atoms with van der Waals surface area (Å²) in [4.78, 5) is 26.6. The van der Waals surface area contributed by atoms with Crippen LogP contribution in [-0.4, -0.2) is 48.7 Å². The van der Waals surface area contributed by atoms with Gasteiger partial charge in [-0.3, -0.25) is 4.79 Å². The quantitative estimate of drug-likeness (QED) is 0.882. The second kappa shape index (κ2) is 8.34. The van der Waals surface area contributed by atoms with Crippen LogP contribution in [0.4, 0.5) is 10.5 Å². The molecule has 1 heterocycles. The number of ether oxygens (including phenoxy) is 1. The molecule has 0 bridgehead atoms. The second-order valence-electron chi connectivity index (χ2n) is 7.49. The molecular weight excluding hydrogens is 318 g/mol. The average molecular weight is 347 g/mol. The monoisotopic (exact) mass is 347 g/mol. The minimum atomic E-state index is -0.305. The Hall–Kier alpha value is -2.08. The van der Waals surface area contributed by atoms with Crippen LogP contribution in [0.15, 0.2) is 24.3 Å². The highest BCUT2D eigenvalue weighted by Crippen LogP contribution is 2.16. The molecule has 3 amide bonds. The number of urea groups is 1. The van der Waals surface area contributed by atoms with E-state index >= 15 is 0 Å². The van der Waals surface area contributed by atoms with Crippen LogP contribution in [0.1, 0.15) is 50.4 Å².